The molecule has 1 saturated heterocycles. The van der Waals surface area contributed by atoms with E-state index in [1.807, 2.05) is 23.1 Å². The second-order valence-electron chi connectivity index (χ2n) is 4.77. The summed E-state index contributed by atoms with van der Waals surface area (Å²) >= 11 is 6.84. The van der Waals surface area contributed by atoms with E-state index in [1.54, 1.807) is 0 Å². The van der Waals surface area contributed by atoms with Gasteiger partial charge in [-0.15, -0.1) is 0 Å². The minimum absolute atomic E-state index is 0.0756. The summed E-state index contributed by atoms with van der Waals surface area (Å²) in [5.41, 5.74) is 6.40. The zero-order valence-electron chi connectivity index (χ0n) is 10.2. The normalized spacial score (nSPS) is 23.4. The van der Waals surface area contributed by atoms with Gasteiger partial charge in [-0.05, 0) is 59.9 Å². The number of rotatable bonds is 2. The Morgan fingerprint density at radius 2 is 2.22 bits per heavy atom. The van der Waals surface area contributed by atoms with Crippen molar-refractivity contribution in [3.05, 3.63) is 32.7 Å². The minimum Gasteiger partial charge on any atom is -0.336 e. The van der Waals surface area contributed by atoms with E-state index in [2.05, 4.69) is 38.8 Å². The highest BCUT2D eigenvalue weighted by molar-refractivity contribution is 9.11. The molecule has 1 fully saturated rings. The predicted molar refractivity (Wildman–Crippen MR) is 79.5 cm³/mol. The van der Waals surface area contributed by atoms with Crippen molar-refractivity contribution in [1.82, 2.24) is 4.90 Å². The van der Waals surface area contributed by atoms with Crippen LogP contribution in [0.25, 0.3) is 0 Å². The highest BCUT2D eigenvalue weighted by Gasteiger charge is 2.32. The summed E-state index contributed by atoms with van der Waals surface area (Å²) in [5.74, 6) is 0.501. The van der Waals surface area contributed by atoms with Crippen LogP contribution in [-0.2, 0) is 0 Å². The lowest BCUT2D eigenvalue weighted by molar-refractivity contribution is 0.0742. The topological polar surface area (TPSA) is 46.3 Å². The lowest BCUT2D eigenvalue weighted by Crippen LogP contribution is -2.34. The molecule has 1 aliphatic heterocycles. The van der Waals surface area contributed by atoms with Crippen LogP contribution in [0.1, 0.15) is 23.7 Å². The van der Waals surface area contributed by atoms with Crippen molar-refractivity contribution < 1.29 is 4.79 Å². The van der Waals surface area contributed by atoms with Crippen LogP contribution in [0.5, 0.6) is 0 Å². The van der Waals surface area contributed by atoms with Crippen LogP contribution in [0.3, 0.4) is 0 Å². The van der Waals surface area contributed by atoms with Crippen molar-refractivity contribution in [3.8, 4) is 0 Å². The van der Waals surface area contributed by atoms with Gasteiger partial charge in [0.05, 0.1) is 5.56 Å². The fourth-order valence-corrected chi connectivity index (χ4v) is 3.19. The molecule has 18 heavy (non-hydrogen) atoms. The SMILES string of the molecule is CC1CC(CN)CN1C(=O)c1cc(Br)ccc1Br. The summed E-state index contributed by atoms with van der Waals surface area (Å²) in [6.07, 6.45) is 0.994. The maximum atomic E-state index is 12.5. The van der Waals surface area contributed by atoms with Gasteiger partial charge in [-0.25, -0.2) is 0 Å². The first-order chi connectivity index (χ1) is 8.52. The van der Waals surface area contributed by atoms with Crippen LogP contribution in [0, 0.1) is 5.92 Å². The molecule has 2 unspecified atom stereocenters. The molecule has 0 aliphatic carbocycles. The van der Waals surface area contributed by atoms with Crippen molar-refractivity contribution in [1.29, 1.82) is 0 Å². The predicted octanol–water partition coefficient (Wildman–Crippen LogP) is 3.02. The van der Waals surface area contributed by atoms with E-state index in [9.17, 15) is 4.79 Å². The van der Waals surface area contributed by atoms with Crippen LogP contribution in [0.15, 0.2) is 27.1 Å². The zero-order chi connectivity index (χ0) is 13.3. The third-order valence-corrected chi connectivity index (χ3v) is 4.60. The quantitative estimate of drug-likeness (QED) is 0.863. The van der Waals surface area contributed by atoms with Gasteiger partial charge in [0.25, 0.3) is 5.91 Å². The van der Waals surface area contributed by atoms with Gasteiger partial charge in [0.15, 0.2) is 0 Å². The molecule has 2 rings (SSSR count). The first kappa shape index (κ1) is 14.0. The van der Waals surface area contributed by atoms with Crippen LogP contribution in [0.2, 0.25) is 0 Å². The van der Waals surface area contributed by atoms with Crippen LogP contribution >= 0.6 is 31.9 Å². The molecule has 2 atom stereocenters. The van der Waals surface area contributed by atoms with Gasteiger partial charge in [-0.3, -0.25) is 4.79 Å². The first-order valence-electron chi connectivity index (χ1n) is 5.99. The van der Waals surface area contributed by atoms with Gasteiger partial charge in [-0.2, -0.15) is 0 Å². The van der Waals surface area contributed by atoms with E-state index in [-0.39, 0.29) is 11.9 Å². The average Bonchev–Trinajstić information content (AvgIpc) is 2.73. The third-order valence-electron chi connectivity index (χ3n) is 3.41. The van der Waals surface area contributed by atoms with Gasteiger partial charge >= 0.3 is 0 Å². The minimum atomic E-state index is 0.0756. The Morgan fingerprint density at radius 3 is 2.83 bits per heavy atom. The standard InChI is InChI=1S/C13H16Br2N2O/c1-8-4-9(6-16)7-17(8)13(18)11-5-10(14)2-3-12(11)15/h2-3,5,8-9H,4,6-7,16H2,1H3. The van der Waals surface area contributed by atoms with Crippen molar-refractivity contribution in [2.75, 3.05) is 13.1 Å². The molecular formula is C13H16Br2N2O. The highest BCUT2D eigenvalue weighted by atomic mass is 79.9. The summed E-state index contributed by atoms with van der Waals surface area (Å²) in [5, 5.41) is 0. The highest BCUT2D eigenvalue weighted by Crippen LogP contribution is 2.28. The van der Waals surface area contributed by atoms with Crippen LogP contribution in [-0.4, -0.2) is 29.9 Å². The van der Waals surface area contributed by atoms with Crippen LogP contribution < -0.4 is 5.73 Å². The lowest BCUT2D eigenvalue weighted by Gasteiger charge is -2.22. The summed E-state index contributed by atoms with van der Waals surface area (Å²) in [6, 6.07) is 5.92. The van der Waals surface area contributed by atoms with Crippen molar-refractivity contribution in [2.24, 2.45) is 11.7 Å². The molecule has 3 nitrogen and oxygen atoms in total. The summed E-state index contributed by atoms with van der Waals surface area (Å²) in [7, 11) is 0. The van der Waals surface area contributed by atoms with E-state index in [0.717, 1.165) is 21.9 Å². The number of amides is 1. The second kappa shape index (κ2) is 5.72. The molecule has 98 valence electrons. The van der Waals surface area contributed by atoms with E-state index >= 15 is 0 Å². The monoisotopic (exact) mass is 374 g/mol. The van der Waals surface area contributed by atoms with Crippen molar-refractivity contribution >= 4 is 37.8 Å². The number of nitrogens with zero attached hydrogens (tertiary/aromatic N) is 1. The summed E-state index contributed by atoms with van der Waals surface area (Å²) < 4.78 is 1.75. The third kappa shape index (κ3) is 2.78. The molecule has 0 spiro atoms. The fourth-order valence-electron chi connectivity index (χ4n) is 2.41. The molecule has 1 aliphatic rings. The van der Waals surface area contributed by atoms with E-state index in [0.29, 0.717) is 18.0 Å². The van der Waals surface area contributed by atoms with E-state index in [4.69, 9.17) is 5.73 Å². The Bertz CT molecular complexity index is 464. The Kier molecular flexibility index (Phi) is 4.45. The maximum Gasteiger partial charge on any atom is 0.255 e. The Hall–Kier alpha value is -0.390. The Balaban J connectivity index is 2.24. The van der Waals surface area contributed by atoms with Gasteiger partial charge in [0.2, 0.25) is 0 Å². The van der Waals surface area contributed by atoms with E-state index < -0.39 is 0 Å². The zero-order valence-corrected chi connectivity index (χ0v) is 13.4. The maximum absolute atomic E-state index is 12.5. The van der Waals surface area contributed by atoms with Gasteiger partial charge in [0, 0.05) is 21.5 Å². The molecular weight excluding hydrogens is 360 g/mol. The number of nitrogens with two attached hydrogens (primary N) is 1. The first-order valence-corrected chi connectivity index (χ1v) is 7.57. The van der Waals surface area contributed by atoms with Gasteiger partial charge < -0.3 is 10.6 Å². The molecule has 2 N–H and O–H groups in total. The van der Waals surface area contributed by atoms with Crippen molar-refractivity contribution in [2.45, 2.75) is 19.4 Å². The van der Waals surface area contributed by atoms with Gasteiger partial charge in [0.1, 0.15) is 0 Å². The molecule has 1 aromatic rings. The number of halogens is 2. The fraction of sp³-hybridized carbons (Fsp3) is 0.462. The number of hydrogen-bond acceptors (Lipinski definition) is 2. The Morgan fingerprint density at radius 1 is 1.50 bits per heavy atom. The number of benzene rings is 1. The number of carbonyl (C=O) groups excluding carboxylic acids is 1. The molecule has 5 heteroatoms. The lowest BCUT2D eigenvalue weighted by atomic mass is 10.1. The van der Waals surface area contributed by atoms with Gasteiger partial charge in [-0.1, -0.05) is 15.9 Å². The number of hydrogen-bond donors (Lipinski definition) is 1. The smallest absolute Gasteiger partial charge is 0.255 e. The molecule has 0 bridgehead atoms. The molecule has 0 aromatic heterocycles. The number of carbonyl (C=O) groups is 1. The van der Waals surface area contributed by atoms with Crippen molar-refractivity contribution in [3.63, 3.8) is 0 Å². The van der Waals surface area contributed by atoms with E-state index in [1.165, 1.54) is 0 Å². The summed E-state index contributed by atoms with van der Waals surface area (Å²) in [4.78, 5) is 14.4. The Labute approximate surface area is 124 Å². The summed E-state index contributed by atoms with van der Waals surface area (Å²) in [6.45, 7) is 3.49. The average molecular weight is 376 g/mol. The molecule has 1 heterocycles. The molecule has 0 saturated carbocycles. The largest absolute Gasteiger partial charge is 0.336 e. The molecule has 0 radical (unpaired) electrons. The molecule has 1 aromatic carbocycles. The second-order valence-corrected chi connectivity index (χ2v) is 6.54. The number of likely N-dealkylation sites (tertiary alicyclic amines) is 1. The molecule has 1 amide bonds. The van der Waals surface area contributed by atoms with Crippen LogP contribution in [0.4, 0.5) is 0 Å².